The van der Waals surface area contributed by atoms with Gasteiger partial charge in [0.25, 0.3) is 5.56 Å². The number of likely N-dealkylation sites (tertiary alicyclic amines) is 1. The Morgan fingerprint density at radius 2 is 1.68 bits per heavy atom. The zero-order chi connectivity index (χ0) is 25.1. The first kappa shape index (κ1) is 27.4. The third kappa shape index (κ3) is 5.93. The van der Waals surface area contributed by atoms with Crippen LogP contribution in [0.4, 0.5) is 0 Å². The van der Waals surface area contributed by atoms with Gasteiger partial charge < -0.3 is 24.1 Å². The van der Waals surface area contributed by atoms with Gasteiger partial charge in [0.2, 0.25) is 0 Å². The SMILES string of the molecule is COc1cc(-c2cn(C)c(=O)c3cnccc23)c(OC)cc1CN1CCC(OC2CCNCC2)CC1.Cl. The third-order valence-electron chi connectivity index (χ3n) is 7.48. The number of aryl methyl sites for hydroxylation is 1. The van der Waals surface area contributed by atoms with E-state index in [4.69, 9.17) is 14.2 Å². The molecule has 1 aromatic carbocycles. The molecule has 1 N–H and O–H groups in total. The van der Waals surface area contributed by atoms with Crippen molar-refractivity contribution in [1.29, 1.82) is 0 Å². The van der Waals surface area contributed by atoms with Gasteiger partial charge in [-0.15, -0.1) is 12.4 Å². The molecule has 0 atom stereocenters. The molecule has 8 nitrogen and oxygen atoms in total. The molecule has 0 unspecified atom stereocenters. The van der Waals surface area contributed by atoms with Crippen molar-refractivity contribution in [2.75, 3.05) is 40.4 Å². The van der Waals surface area contributed by atoms with Gasteiger partial charge in [-0.05, 0) is 62.4 Å². The van der Waals surface area contributed by atoms with E-state index in [2.05, 4.69) is 21.3 Å². The van der Waals surface area contributed by atoms with Crippen LogP contribution in [0.25, 0.3) is 21.9 Å². The second-order valence-corrected chi connectivity index (χ2v) is 9.81. The molecular weight excluding hydrogens is 492 g/mol. The number of halogens is 1. The molecule has 37 heavy (non-hydrogen) atoms. The molecule has 0 radical (unpaired) electrons. The topological polar surface area (TPSA) is 77.9 Å². The fraction of sp³-hybridized carbons (Fsp3) is 0.500. The highest BCUT2D eigenvalue weighted by Gasteiger charge is 2.25. The first-order valence-corrected chi connectivity index (χ1v) is 12.8. The highest BCUT2D eigenvalue weighted by atomic mass is 35.5. The third-order valence-corrected chi connectivity index (χ3v) is 7.48. The van der Waals surface area contributed by atoms with Gasteiger partial charge in [0, 0.05) is 62.0 Å². The first-order valence-electron chi connectivity index (χ1n) is 12.8. The fourth-order valence-corrected chi connectivity index (χ4v) is 5.47. The maximum absolute atomic E-state index is 12.6. The summed E-state index contributed by atoms with van der Waals surface area (Å²) in [7, 11) is 5.15. The van der Waals surface area contributed by atoms with Gasteiger partial charge in [0.1, 0.15) is 11.5 Å². The summed E-state index contributed by atoms with van der Waals surface area (Å²) in [5, 5.41) is 4.83. The van der Waals surface area contributed by atoms with Gasteiger partial charge in [-0.1, -0.05) is 0 Å². The standard InChI is InChI=1S/C28H36N4O4.ClH/c1-31-18-25(22-6-11-30-16-24(22)28(31)33)23-15-26(34-2)19(14-27(23)35-3)17-32-12-7-21(8-13-32)36-20-4-9-29-10-5-20;/h6,11,14-16,18,20-21,29H,4-5,7-10,12-13,17H2,1-3H3;1H. The molecule has 0 aliphatic carbocycles. The van der Waals surface area contributed by atoms with Gasteiger partial charge in [0.15, 0.2) is 0 Å². The maximum atomic E-state index is 12.6. The van der Waals surface area contributed by atoms with Crippen molar-refractivity contribution in [2.24, 2.45) is 7.05 Å². The summed E-state index contributed by atoms with van der Waals surface area (Å²) in [6.07, 6.45) is 10.3. The number of aromatic nitrogens is 2. The Kier molecular flexibility index (Phi) is 9.08. The van der Waals surface area contributed by atoms with Crippen LogP contribution in [-0.2, 0) is 18.3 Å². The Bertz CT molecular complexity index is 1270. The number of fused-ring (bicyclic) bond motifs is 1. The zero-order valence-electron chi connectivity index (χ0n) is 21.9. The summed E-state index contributed by atoms with van der Waals surface area (Å²) in [5.41, 5.74) is 2.81. The minimum atomic E-state index is -0.0723. The number of methoxy groups -OCH3 is 2. The highest BCUT2D eigenvalue weighted by Crippen LogP contribution is 2.39. The average molecular weight is 529 g/mol. The average Bonchev–Trinajstić information content (AvgIpc) is 2.92. The van der Waals surface area contributed by atoms with E-state index in [1.807, 2.05) is 18.3 Å². The van der Waals surface area contributed by atoms with Gasteiger partial charge in [-0.25, -0.2) is 0 Å². The Hall–Kier alpha value is -2.65. The van der Waals surface area contributed by atoms with E-state index in [-0.39, 0.29) is 18.0 Å². The van der Waals surface area contributed by atoms with Crippen LogP contribution in [0, 0.1) is 0 Å². The molecule has 2 aliphatic rings. The van der Waals surface area contributed by atoms with Gasteiger partial charge in [0.05, 0.1) is 31.8 Å². The van der Waals surface area contributed by atoms with Crippen molar-refractivity contribution in [3.8, 4) is 22.6 Å². The fourth-order valence-electron chi connectivity index (χ4n) is 5.47. The highest BCUT2D eigenvalue weighted by molar-refractivity contribution is 5.97. The number of benzene rings is 1. The number of hydrogen-bond donors (Lipinski definition) is 1. The van der Waals surface area contributed by atoms with E-state index >= 15 is 0 Å². The number of nitrogens with one attached hydrogen (secondary N) is 1. The van der Waals surface area contributed by atoms with Crippen LogP contribution in [0.5, 0.6) is 11.5 Å². The first-order chi connectivity index (χ1) is 17.6. The normalized spacial score (nSPS) is 17.5. The summed E-state index contributed by atoms with van der Waals surface area (Å²) >= 11 is 0. The van der Waals surface area contributed by atoms with Crippen molar-refractivity contribution in [3.63, 3.8) is 0 Å². The Morgan fingerprint density at radius 1 is 0.973 bits per heavy atom. The predicted octanol–water partition coefficient (Wildman–Crippen LogP) is 3.77. The lowest BCUT2D eigenvalue weighted by atomic mass is 9.98. The number of rotatable bonds is 7. The molecule has 2 fully saturated rings. The van der Waals surface area contributed by atoms with Crippen LogP contribution in [0.15, 0.2) is 41.6 Å². The molecule has 0 amide bonds. The van der Waals surface area contributed by atoms with Crippen molar-refractivity contribution >= 4 is 23.2 Å². The lowest BCUT2D eigenvalue weighted by Gasteiger charge is -2.35. The molecule has 0 spiro atoms. The smallest absolute Gasteiger partial charge is 0.259 e. The van der Waals surface area contributed by atoms with Crippen molar-refractivity contribution < 1.29 is 14.2 Å². The van der Waals surface area contributed by atoms with E-state index in [0.717, 1.165) is 92.0 Å². The largest absolute Gasteiger partial charge is 0.496 e. The van der Waals surface area contributed by atoms with Crippen LogP contribution >= 0.6 is 12.4 Å². The van der Waals surface area contributed by atoms with Crippen LogP contribution in [0.1, 0.15) is 31.2 Å². The number of piperidine rings is 2. The van der Waals surface area contributed by atoms with E-state index in [9.17, 15) is 4.79 Å². The lowest BCUT2D eigenvalue weighted by molar-refractivity contribution is -0.0539. The molecule has 200 valence electrons. The monoisotopic (exact) mass is 528 g/mol. The zero-order valence-corrected chi connectivity index (χ0v) is 22.7. The molecule has 2 aromatic heterocycles. The Labute approximate surface area is 224 Å². The van der Waals surface area contributed by atoms with Crippen molar-refractivity contribution in [3.05, 3.63) is 52.7 Å². The predicted molar refractivity (Wildman–Crippen MR) is 148 cm³/mol. The second-order valence-electron chi connectivity index (χ2n) is 9.81. The molecule has 9 heteroatoms. The van der Waals surface area contributed by atoms with E-state index in [1.165, 1.54) is 0 Å². The minimum absolute atomic E-state index is 0. The Balaban J connectivity index is 0.00000320. The second kappa shape index (κ2) is 12.3. The molecule has 2 aliphatic heterocycles. The van der Waals surface area contributed by atoms with Crippen molar-refractivity contribution in [2.45, 2.75) is 44.4 Å². The van der Waals surface area contributed by atoms with Crippen LogP contribution in [-0.4, -0.2) is 67.1 Å². The molecule has 4 heterocycles. The molecule has 3 aromatic rings. The quantitative estimate of drug-likeness (QED) is 0.500. The van der Waals surface area contributed by atoms with Gasteiger partial charge in [-0.3, -0.25) is 14.7 Å². The van der Waals surface area contributed by atoms with Crippen molar-refractivity contribution in [1.82, 2.24) is 19.8 Å². The molecular formula is C28H37ClN4O4. The summed E-state index contributed by atoms with van der Waals surface area (Å²) in [4.78, 5) is 19.3. The van der Waals surface area contributed by atoms with Crippen LogP contribution in [0.2, 0.25) is 0 Å². The number of nitrogens with zero attached hydrogens (tertiary/aromatic N) is 3. The molecule has 5 rings (SSSR count). The number of ether oxygens (including phenoxy) is 3. The number of hydrogen-bond acceptors (Lipinski definition) is 7. The maximum Gasteiger partial charge on any atom is 0.259 e. The van der Waals surface area contributed by atoms with Gasteiger partial charge in [-0.2, -0.15) is 0 Å². The van der Waals surface area contributed by atoms with E-state index < -0.39 is 0 Å². The van der Waals surface area contributed by atoms with Crippen LogP contribution < -0.4 is 20.3 Å². The summed E-state index contributed by atoms with van der Waals surface area (Å²) < 4.78 is 19.7. The molecule has 0 saturated carbocycles. The minimum Gasteiger partial charge on any atom is -0.496 e. The van der Waals surface area contributed by atoms with E-state index in [0.29, 0.717) is 17.6 Å². The molecule has 0 bridgehead atoms. The lowest BCUT2D eigenvalue weighted by Crippen LogP contribution is -2.40. The summed E-state index contributed by atoms with van der Waals surface area (Å²) in [6, 6.07) is 5.98. The van der Waals surface area contributed by atoms with E-state index in [1.54, 1.807) is 38.2 Å². The van der Waals surface area contributed by atoms with Gasteiger partial charge >= 0.3 is 0 Å². The summed E-state index contributed by atoms with van der Waals surface area (Å²) in [6.45, 7) is 4.92. The summed E-state index contributed by atoms with van der Waals surface area (Å²) in [5.74, 6) is 1.57. The van der Waals surface area contributed by atoms with Crippen LogP contribution in [0.3, 0.4) is 0 Å². The molecule has 2 saturated heterocycles. The Morgan fingerprint density at radius 3 is 2.38 bits per heavy atom. The number of pyridine rings is 2.